The lowest BCUT2D eigenvalue weighted by atomic mass is 9.68. The van der Waals surface area contributed by atoms with E-state index in [-0.39, 0.29) is 41.8 Å². The topological polar surface area (TPSA) is 111 Å². The van der Waals surface area contributed by atoms with Gasteiger partial charge in [-0.25, -0.2) is 13.8 Å². The van der Waals surface area contributed by atoms with Crippen molar-refractivity contribution in [3.8, 4) is 11.3 Å². The van der Waals surface area contributed by atoms with Crippen molar-refractivity contribution in [2.75, 3.05) is 5.32 Å². The fourth-order valence-electron chi connectivity index (χ4n) is 5.23. The van der Waals surface area contributed by atoms with Crippen molar-refractivity contribution in [2.45, 2.75) is 70.8 Å². The molecular weight excluding hydrogens is 502 g/mol. The zero-order valence-corrected chi connectivity index (χ0v) is 22.5. The third-order valence-corrected chi connectivity index (χ3v) is 7.79. The SMILES string of the molecule is CC(C)OCc1cc(F)c(-c2ccc3cnc(Nc4cnccc4C4CC(C)C(C)(O)C(N)C4)n3n2)c(F)c1. The van der Waals surface area contributed by atoms with Crippen LogP contribution in [0.4, 0.5) is 20.4 Å². The van der Waals surface area contributed by atoms with Gasteiger partial charge in [0.25, 0.3) is 0 Å². The lowest BCUT2D eigenvalue weighted by molar-refractivity contribution is -0.0463. The summed E-state index contributed by atoms with van der Waals surface area (Å²) >= 11 is 0. The molecule has 1 fully saturated rings. The Labute approximate surface area is 226 Å². The number of hydrogen-bond donors (Lipinski definition) is 3. The number of pyridine rings is 1. The lowest BCUT2D eigenvalue weighted by Crippen LogP contribution is -2.54. The summed E-state index contributed by atoms with van der Waals surface area (Å²) in [6.45, 7) is 7.64. The molecule has 1 aliphatic rings. The third kappa shape index (κ3) is 5.36. The van der Waals surface area contributed by atoms with Crippen molar-refractivity contribution >= 4 is 17.2 Å². The van der Waals surface area contributed by atoms with E-state index >= 15 is 8.78 Å². The third-order valence-electron chi connectivity index (χ3n) is 7.79. The van der Waals surface area contributed by atoms with Crippen LogP contribution in [0.25, 0.3) is 16.8 Å². The second kappa shape index (κ2) is 10.6. The van der Waals surface area contributed by atoms with E-state index < -0.39 is 17.2 Å². The van der Waals surface area contributed by atoms with Crippen LogP contribution >= 0.6 is 0 Å². The van der Waals surface area contributed by atoms with E-state index in [9.17, 15) is 5.11 Å². The van der Waals surface area contributed by atoms with Crippen LogP contribution in [0.15, 0.2) is 48.9 Å². The van der Waals surface area contributed by atoms with Gasteiger partial charge in [-0.1, -0.05) is 6.92 Å². The number of fused-ring (bicyclic) bond motifs is 1. The highest BCUT2D eigenvalue weighted by Gasteiger charge is 2.42. The second-order valence-electron chi connectivity index (χ2n) is 10.9. The van der Waals surface area contributed by atoms with Gasteiger partial charge < -0.3 is 20.9 Å². The number of nitrogens with zero attached hydrogens (tertiary/aromatic N) is 4. The number of nitrogens with two attached hydrogens (primary N) is 1. The maximum atomic E-state index is 15.1. The number of anilines is 2. The Kier molecular flexibility index (Phi) is 7.37. The van der Waals surface area contributed by atoms with Gasteiger partial charge in [0.15, 0.2) is 0 Å². The number of aliphatic hydroxyl groups is 1. The average Bonchev–Trinajstić information content (AvgIpc) is 3.28. The molecule has 8 nitrogen and oxygen atoms in total. The molecule has 4 unspecified atom stereocenters. The molecule has 3 aromatic heterocycles. The van der Waals surface area contributed by atoms with Gasteiger partial charge in [-0.2, -0.15) is 9.61 Å². The van der Waals surface area contributed by atoms with Gasteiger partial charge in [-0.3, -0.25) is 4.98 Å². The fourth-order valence-corrected chi connectivity index (χ4v) is 5.23. The highest BCUT2D eigenvalue weighted by molar-refractivity contribution is 5.66. The van der Waals surface area contributed by atoms with E-state index in [0.29, 0.717) is 23.4 Å². The van der Waals surface area contributed by atoms with Crippen LogP contribution in [0.2, 0.25) is 0 Å². The summed E-state index contributed by atoms with van der Waals surface area (Å²) in [5, 5.41) is 18.6. The van der Waals surface area contributed by atoms with Crippen molar-refractivity contribution in [3.05, 3.63) is 71.7 Å². The summed E-state index contributed by atoms with van der Waals surface area (Å²) in [5.74, 6) is -0.934. The zero-order valence-electron chi connectivity index (χ0n) is 22.5. The maximum Gasteiger partial charge on any atom is 0.229 e. The van der Waals surface area contributed by atoms with Gasteiger partial charge in [0.05, 0.1) is 53.2 Å². The largest absolute Gasteiger partial charge is 0.388 e. The molecule has 4 N–H and O–H groups in total. The van der Waals surface area contributed by atoms with Gasteiger partial charge >= 0.3 is 0 Å². The molecule has 5 rings (SSSR count). The Morgan fingerprint density at radius 2 is 1.92 bits per heavy atom. The molecule has 206 valence electrons. The van der Waals surface area contributed by atoms with Gasteiger partial charge in [0, 0.05) is 12.2 Å². The molecule has 0 radical (unpaired) electrons. The van der Waals surface area contributed by atoms with Crippen LogP contribution in [-0.2, 0) is 11.3 Å². The van der Waals surface area contributed by atoms with Crippen LogP contribution in [0.3, 0.4) is 0 Å². The maximum absolute atomic E-state index is 15.1. The summed E-state index contributed by atoms with van der Waals surface area (Å²) in [7, 11) is 0. The first-order valence-corrected chi connectivity index (χ1v) is 13.2. The molecule has 0 spiro atoms. The molecule has 1 aromatic carbocycles. The first kappa shape index (κ1) is 27.1. The molecule has 0 bridgehead atoms. The van der Waals surface area contributed by atoms with Gasteiger partial charge in [-0.15, -0.1) is 0 Å². The number of hydrogen-bond acceptors (Lipinski definition) is 7. The lowest BCUT2D eigenvalue weighted by Gasteiger charge is -2.44. The number of aromatic nitrogens is 4. The molecule has 10 heteroatoms. The number of benzene rings is 1. The quantitative estimate of drug-likeness (QED) is 0.293. The summed E-state index contributed by atoms with van der Waals surface area (Å²) in [4.78, 5) is 8.74. The summed E-state index contributed by atoms with van der Waals surface area (Å²) in [6, 6.07) is 7.40. The van der Waals surface area contributed by atoms with E-state index in [1.165, 1.54) is 16.6 Å². The van der Waals surface area contributed by atoms with E-state index in [4.69, 9.17) is 10.5 Å². The predicted octanol–water partition coefficient (Wildman–Crippen LogP) is 5.33. The van der Waals surface area contributed by atoms with E-state index in [1.807, 2.05) is 26.8 Å². The van der Waals surface area contributed by atoms with Gasteiger partial charge in [0.1, 0.15) is 11.6 Å². The molecule has 4 aromatic rings. The molecule has 1 saturated carbocycles. The minimum absolute atomic E-state index is 0.0110. The number of ether oxygens (including phenoxy) is 1. The summed E-state index contributed by atoms with van der Waals surface area (Å²) in [6.07, 6.45) is 6.40. The highest BCUT2D eigenvalue weighted by Crippen LogP contribution is 2.43. The standard InChI is InChI=1S/C29H34F2N6O2/c1-16(2)39-15-18-10-22(30)27(23(31)11-18)24-6-5-20-13-34-28(37(20)36-24)35-25-14-33-8-7-21(25)19-9-17(3)29(4,38)26(32)12-19/h5-8,10-11,13-14,16-17,19,26,38H,9,12,15,32H2,1-4H3,(H,34,35). The minimum Gasteiger partial charge on any atom is -0.388 e. The Balaban J connectivity index is 1.46. The predicted molar refractivity (Wildman–Crippen MR) is 146 cm³/mol. The molecular formula is C29H34F2N6O2. The Bertz CT molecular complexity index is 1450. The van der Waals surface area contributed by atoms with Crippen LogP contribution in [0.1, 0.15) is 57.6 Å². The van der Waals surface area contributed by atoms with Crippen molar-refractivity contribution in [1.29, 1.82) is 0 Å². The Hall–Kier alpha value is -3.47. The molecule has 0 amide bonds. The molecule has 0 saturated heterocycles. The first-order chi connectivity index (χ1) is 18.5. The zero-order chi connectivity index (χ0) is 27.9. The summed E-state index contributed by atoms with van der Waals surface area (Å²) in [5.41, 5.74) is 8.14. The Morgan fingerprint density at radius 1 is 1.18 bits per heavy atom. The van der Waals surface area contributed by atoms with Crippen LogP contribution in [0.5, 0.6) is 0 Å². The van der Waals surface area contributed by atoms with Crippen molar-refractivity contribution in [3.63, 3.8) is 0 Å². The molecule has 39 heavy (non-hydrogen) atoms. The van der Waals surface area contributed by atoms with Gasteiger partial charge in [0.2, 0.25) is 5.95 Å². The van der Waals surface area contributed by atoms with E-state index in [2.05, 4.69) is 20.4 Å². The fraction of sp³-hybridized carbons (Fsp3) is 0.414. The van der Waals surface area contributed by atoms with E-state index in [0.717, 1.165) is 17.7 Å². The normalized spacial score (nSPS) is 23.5. The highest BCUT2D eigenvalue weighted by atomic mass is 19.1. The number of halogens is 2. The smallest absolute Gasteiger partial charge is 0.229 e. The van der Waals surface area contributed by atoms with Crippen molar-refractivity contribution in [1.82, 2.24) is 19.6 Å². The molecule has 3 heterocycles. The number of imidazole rings is 1. The van der Waals surface area contributed by atoms with Crippen LogP contribution < -0.4 is 11.1 Å². The average molecular weight is 537 g/mol. The van der Waals surface area contributed by atoms with Crippen LogP contribution in [-0.4, -0.2) is 42.4 Å². The van der Waals surface area contributed by atoms with Gasteiger partial charge in [-0.05, 0) is 86.9 Å². The summed E-state index contributed by atoms with van der Waals surface area (Å²) < 4.78 is 37.1. The number of rotatable bonds is 7. The molecule has 4 atom stereocenters. The second-order valence-corrected chi connectivity index (χ2v) is 10.9. The Morgan fingerprint density at radius 3 is 2.62 bits per heavy atom. The van der Waals surface area contributed by atoms with Crippen LogP contribution in [0, 0.1) is 17.6 Å². The van der Waals surface area contributed by atoms with E-state index in [1.54, 1.807) is 37.6 Å². The monoisotopic (exact) mass is 536 g/mol. The molecule has 0 aliphatic heterocycles. The first-order valence-electron chi connectivity index (χ1n) is 13.2. The minimum atomic E-state index is -0.930. The number of nitrogens with one attached hydrogen (secondary N) is 1. The van der Waals surface area contributed by atoms with Crippen molar-refractivity contribution < 1.29 is 18.6 Å². The van der Waals surface area contributed by atoms with Crippen molar-refractivity contribution in [2.24, 2.45) is 11.7 Å². The molecule has 1 aliphatic carbocycles.